The van der Waals surface area contributed by atoms with Crippen LogP contribution in [-0.2, 0) is 19.1 Å². The topological polar surface area (TPSA) is 52.6 Å². The molecular weight excluding hydrogens is 388 g/mol. The van der Waals surface area contributed by atoms with Crippen molar-refractivity contribution < 1.29 is 19.1 Å². The number of unbranched alkanes of at least 4 members (excludes halogenated alkanes) is 10. The molecule has 0 N–H and O–H groups in total. The third kappa shape index (κ3) is 25.1. The molecule has 0 atom stereocenters. The molecule has 0 heterocycles. The molecule has 0 aliphatic heterocycles. The standard InChI is InChI=1S/C27H52O4/c1-24(2)18-16-22-30-26(28)20-14-12-10-8-6-5-7-9-11-13-15-21-27(29)31-23-17-19-25(3)4/h24-25H,5-23H2,1-4H3. The van der Waals surface area contributed by atoms with Crippen molar-refractivity contribution in [3.8, 4) is 0 Å². The van der Waals surface area contributed by atoms with Crippen LogP contribution < -0.4 is 0 Å². The molecular formula is C27H52O4. The minimum atomic E-state index is -0.0249. The fourth-order valence-corrected chi connectivity index (χ4v) is 3.63. The van der Waals surface area contributed by atoms with Gasteiger partial charge in [0.05, 0.1) is 13.2 Å². The van der Waals surface area contributed by atoms with Crippen molar-refractivity contribution in [2.75, 3.05) is 13.2 Å². The largest absolute Gasteiger partial charge is 0.466 e. The molecule has 0 aromatic heterocycles. The summed E-state index contributed by atoms with van der Waals surface area (Å²) in [4.78, 5) is 23.3. The molecule has 0 amide bonds. The van der Waals surface area contributed by atoms with Crippen LogP contribution in [0.3, 0.4) is 0 Å². The van der Waals surface area contributed by atoms with E-state index in [1.165, 1.54) is 44.9 Å². The molecule has 4 heteroatoms. The van der Waals surface area contributed by atoms with E-state index in [4.69, 9.17) is 9.47 Å². The number of hydrogen-bond donors (Lipinski definition) is 0. The van der Waals surface area contributed by atoms with Gasteiger partial charge in [-0.15, -0.1) is 0 Å². The first-order chi connectivity index (χ1) is 14.9. The highest BCUT2D eigenvalue weighted by Crippen LogP contribution is 2.13. The number of ether oxygens (including phenoxy) is 2. The second-order valence-corrected chi connectivity index (χ2v) is 9.90. The SMILES string of the molecule is CC(C)CCCOC(=O)CCCCCCCCCCCCCC(=O)OCCCC(C)C. The molecule has 0 spiro atoms. The molecule has 4 nitrogen and oxygen atoms in total. The van der Waals surface area contributed by atoms with Crippen molar-refractivity contribution in [1.29, 1.82) is 0 Å². The van der Waals surface area contributed by atoms with Gasteiger partial charge in [-0.1, -0.05) is 85.5 Å². The van der Waals surface area contributed by atoms with E-state index >= 15 is 0 Å². The Labute approximate surface area is 193 Å². The lowest BCUT2D eigenvalue weighted by atomic mass is 10.0. The lowest BCUT2D eigenvalue weighted by molar-refractivity contribution is -0.144. The zero-order chi connectivity index (χ0) is 23.2. The highest BCUT2D eigenvalue weighted by atomic mass is 16.5. The van der Waals surface area contributed by atoms with Crippen molar-refractivity contribution in [2.24, 2.45) is 11.8 Å². The normalized spacial score (nSPS) is 11.3. The van der Waals surface area contributed by atoms with E-state index < -0.39 is 0 Å². The molecule has 0 bridgehead atoms. The van der Waals surface area contributed by atoms with E-state index in [2.05, 4.69) is 27.7 Å². The van der Waals surface area contributed by atoms with Crippen molar-refractivity contribution >= 4 is 11.9 Å². The van der Waals surface area contributed by atoms with Crippen molar-refractivity contribution in [1.82, 2.24) is 0 Å². The average molecular weight is 441 g/mol. The predicted octanol–water partition coefficient (Wildman–Crippen LogP) is 8.02. The third-order valence-corrected chi connectivity index (χ3v) is 5.64. The Kier molecular flexibility index (Phi) is 21.4. The summed E-state index contributed by atoms with van der Waals surface area (Å²) in [6.07, 6.45) is 18.4. The van der Waals surface area contributed by atoms with Crippen molar-refractivity contribution in [2.45, 2.75) is 137 Å². The van der Waals surface area contributed by atoms with Gasteiger partial charge in [0.2, 0.25) is 0 Å². The Morgan fingerprint density at radius 2 is 0.774 bits per heavy atom. The van der Waals surface area contributed by atoms with Crippen molar-refractivity contribution in [3.63, 3.8) is 0 Å². The number of carbonyl (C=O) groups excluding carboxylic acids is 2. The number of hydrogen-bond acceptors (Lipinski definition) is 4. The molecule has 0 aliphatic rings. The van der Waals surface area contributed by atoms with Gasteiger partial charge in [0, 0.05) is 12.8 Å². The predicted molar refractivity (Wildman–Crippen MR) is 130 cm³/mol. The minimum absolute atomic E-state index is 0.0249. The van der Waals surface area contributed by atoms with Gasteiger partial charge in [-0.3, -0.25) is 9.59 Å². The molecule has 0 radical (unpaired) electrons. The van der Waals surface area contributed by atoms with Crippen molar-refractivity contribution in [3.05, 3.63) is 0 Å². The van der Waals surface area contributed by atoms with E-state index in [-0.39, 0.29) is 11.9 Å². The van der Waals surface area contributed by atoms with Crippen LogP contribution in [0.4, 0.5) is 0 Å². The summed E-state index contributed by atoms with van der Waals surface area (Å²) in [5, 5.41) is 0. The van der Waals surface area contributed by atoms with Crippen LogP contribution in [0.1, 0.15) is 137 Å². The first kappa shape index (κ1) is 29.9. The average Bonchev–Trinajstić information content (AvgIpc) is 2.71. The Balaban J connectivity index is 3.23. The highest BCUT2D eigenvalue weighted by molar-refractivity contribution is 5.69. The molecule has 0 saturated carbocycles. The number of carbonyl (C=O) groups is 2. The highest BCUT2D eigenvalue weighted by Gasteiger charge is 2.04. The molecule has 0 fully saturated rings. The summed E-state index contributed by atoms with van der Waals surface area (Å²) in [6, 6.07) is 0. The van der Waals surface area contributed by atoms with Gasteiger partial charge in [-0.25, -0.2) is 0 Å². The number of esters is 2. The zero-order valence-corrected chi connectivity index (χ0v) is 21.2. The Morgan fingerprint density at radius 3 is 1.06 bits per heavy atom. The maximum Gasteiger partial charge on any atom is 0.305 e. The second-order valence-electron chi connectivity index (χ2n) is 9.90. The van der Waals surface area contributed by atoms with Crippen LogP contribution in [0.25, 0.3) is 0 Å². The summed E-state index contributed by atoms with van der Waals surface area (Å²) in [5.74, 6) is 1.31. The van der Waals surface area contributed by atoms with Gasteiger partial charge in [0.15, 0.2) is 0 Å². The van der Waals surface area contributed by atoms with Gasteiger partial charge < -0.3 is 9.47 Å². The zero-order valence-electron chi connectivity index (χ0n) is 21.2. The Bertz CT molecular complexity index is 379. The van der Waals surface area contributed by atoms with Crippen LogP contribution in [0.2, 0.25) is 0 Å². The quantitative estimate of drug-likeness (QED) is 0.126. The fourth-order valence-electron chi connectivity index (χ4n) is 3.63. The summed E-state index contributed by atoms with van der Waals surface area (Å²) < 4.78 is 10.5. The first-order valence-electron chi connectivity index (χ1n) is 13.2. The molecule has 0 unspecified atom stereocenters. The second kappa shape index (κ2) is 22.1. The minimum Gasteiger partial charge on any atom is -0.466 e. The molecule has 0 aliphatic carbocycles. The maximum atomic E-state index is 11.6. The summed E-state index contributed by atoms with van der Waals surface area (Å²) in [7, 11) is 0. The van der Waals surface area contributed by atoms with E-state index in [9.17, 15) is 9.59 Å². The Morgan fingerprint density at radius 1 is 0.484 bits per heavy atom. The van der Waals surface area contributed by atoms with Crippen LogP contribution >= 0.6 is 0 Å². The summed E-state index contributed by atoms with van der Waals surface area (Å²) in [5.41, 5.74) is 0. The van der Waals surface area contributed by atoms with E-state index in [0.29, 0.717) is 37.9 Å². The molecule has 0 rings (SSSR count). The van der Waals surface area contributed by atoms with Gasteiger partial charge in [0.25, 0.3) is 0 Å². The summed E-state index contributed by atoms with van der Waals surface area (Å²) >= 11 is 0. The van der Waals surface area contributed by atoms with Gasteiger partial charge in [-0.05, 0) is 50.4 Å². The molecule has 0 aromatic carbocycles. The smallest absolute Gasteiger partial charge is 0.305 e. The number of rotatable bonds is 22. The molecule has 31 heavy (non-hydrogen) atoms. The summed E-state index contributed by atoms with van der Waals surface area (Å²) in [6.45, 7) is 9.94. The Hall–Kier alpha value is -1.06. The van der Waals surface area contributed by atoms with Crippen LogP contribution in [0.15, 0.2) is 0 Å². The molecule has 0 aromatic rings. The lowest BCUT2D eigenvalue weighted by Gasteiger charge is -2.07. The molecule has 184 valence electrons. The van der Waals surface area contributed by atoms with E-state index in [1.807, 2.05) is 0 Å². The van der Waals surface area contributed by atoms with Gasteiger partial charge >= 0.3 is 11.9 Å². The van der Waals surface area contributed by atoms with E-state index in [1.54, 1.807) is 0 Å². The van der Waals surface area contributed by atoms with E-state index in [0.717, 1.165) is 51.4 Å². The molecule has 0 saturated heterocycles. The van der Waals surface area contributed by atoms with Crippen LogP contribution in [-0.4, -0.2) is 25.2 Å². The monoisotopic (exact) mass is 440 g/mol. The van der Waals surface area contributed by atoms with Gasteiger partial charge in [-0.2, -0.15) is 0 Å². The maximum absolute atomic E-state index is 11.6. The van der Waals surface area contributed by atoms with Gasteiger partial charge in [0.1, 0.15) is 0 Å². The van der Waals surface area contributed by atoms with Crippen LogP contribution in [0, 0.1) is 11.8 Å². The van der Waals surface area contributed by atoms with Crippen LogP contribution in [0.5, 0.6) is 0 Å². The third-order valence-electron chi connectivity index (χ3n) is 5.64. The lowest BCUT2D eigenvalue weighted by Crippen LogP contribution is -2.06. The first-order valence-corrected chi connectivity index (χ1v) is 13.2. The fraction of sp³-hybridized carbons (Fsp3) is 0.926.